The maximum Gasteiger partial charge on any atom is 0.246 e. The summed E-state index contributed by atoms with van der Waals surface area (Å²) in [6.07, 6.45) is -10.6. The van der Waals surface area contributed by atoms with E-state index in [4.69, 9.17) is 57.4 Å². The van der Waals surface area contributed by atoms with Crippen molar-refractivity contribution in [1.29, 1.82) is 0 Å². The molecule has 16 N–H and O–H groups in total. The number of benzene rings is 5. The number of ketones is 3. The smallest absolute Gasteiger partial charge is 0.246 e. The lowest BCUT2D eigenvalue weighted by Crippen LogP contribution is -2.64. The van der Waals surface area contributed by atoms with Crippen LogP contribution in [0, 0.1) is 53.3 Å². The van der Waals surface area contributed by atoms with Crippen molar-refractivity contribution in [3.8, 4) is 57.1 Å². The van der Waals surface area contributed by atoms with E-state index in [0.717, 1.165) is 88.1 Å². The summed E-state index contributed by atoms with van der Waals surface area (Å²) in [4.78, 5) is 139. The minimum Gasteiger partial charge on any atom is -0.508 e. The maximum absolute atomic E-state index is 16.8. The van der Waals surface area contributed by atoms with Crippen molar-refractivity contribution in [3.63, 3.8) is 0 Å². The van der Waals surface area contributed by atoms with E-state index in [-0.39, 0.29) is 103 Å². The molecule has 7 aliphatic heterocycles. The Labute approximate surface area is 716 Å². The molecular weight excluding hydrogens is 1620 g/mol. The summed E-state index contributed by atoms with van der Waals surface area (Å²) < 4.78 is 39.3. The first-order valence-electron chi connectivity index (χ1n) is 42.6. The number of phenolic OH excluding ortho intramolecular Hbond substituents is 3. The van der Waals surface area contributed by atoms with Crippen LogP contribution in [0.2, 0.25) is 10.0 Å². The highest BCUT2D eigenvalue weighted by atomic mass is 35.5. The average molecular weight is 1730 g/mol. The molecule has 6 amide bonds. The van der Waals surface area contributed by atoms with Crippen LogP contribution in [-0.2, 0) is 57.4 Å². The van der Waals surface area contributed by atoms with Crippen LogP contribution >= 0.6 is 23.2 Å². The van der Waals surface area contributed by atoms with Crippen LogP contribution in [-0.4, -0.2) is 172 Å². The topological polar surface area (TPSA) is 477 Å². The second-order valence-corrected chi connectivity index (χ2v) is 36.4. The molecule has 4 aliphatic carbocycles. The van der Waals surface area contributed by atoms with Crippen LogP contribution in [0.25, 0.3) is 11.1 Å². The number of aliphatic hydroxyl groups is 6. The Balaban J connectivity index is 1.01. The Bertz CT molecular complexity index is 4750. The highest BCUT2D eigenvalue weighted by Crippen LogP contribution is 2.59. The highest BCUT2D eigenvalue weighted by Gasteiger charge is 2.53. The number of unbranched alkanes of at least 4 members (excludes halogenated alkanes) is 4. The summed E-state index contributed by atoms with van der Waals surface area (Å²) in [6.45, 7) is 11.3. The first kappa shape index (κ1) is 90.8. The van der Waals surface area contributed by atoms with Crippen LogP contribution in [0.4, 0.5) is 0 Å². The molecule has 30 nitrogen and oxygen atoms in total. The fourth-order valence-electron chi connectivity index (χ4n) is 19.5. The summed E-state index contributed by atoms with van der Waals surface area (Å²) in [5.74, 6) is -17.1. The van der Waals surface area contributed by atoms with Crippen molar-refractivity contribution in [3.05, 3.63) is 117 Å². The van der Waals surface area contributed by atoms with Crippen molar-refractivity contribution in [1.82, 2.24) is 26.6 Å². The van der Waals surface area contributed by atoms with Crippen molar-refractivity contribution >= 4 is 76.0 Å². The van der Waals surface area contributed by atoms with Crippen LogP contribution in [0.5, 0.6) is 46.0 Å². The first-order valence-corrected chi connectivity index (χ1v) is 43.3. The summed E-state index contributed by atoms with van der Waals surface area (Å²) in [6, 6.07) is 7.38. The number of phenols is 3. The van der Waals surface area contributed by atoms with E-state index in [1.165, 1.54) is 62.4 Å². The van der Waals surface area contributed by atoms with Crippen molar-refractivity contribution < 1.29 is 118 Å². The summed E-state index contributed by atoms with van der Waals surface area (Å²) in [7, 11) is 0. The Morgan fingerprint density at radius 3 is 1.93 bits per heavy atom. The monoisotopic (exact) mass is 1730 g/mol. The number of hydrogen-bond acceptors (Lipinski definition) is 25. The molecular formula is C90H112Cl2N6O24. The number of rotatable bonds is 22. The number of halogens is 2. The Morgan fingerprint density at radius 2 is 1.31 bits per heavy atom. The Hall–Kier alpha value is -8.89. The largest absolute Gasteiger partial charge is 0.508 e. The zero-order valence-corrected chi connectivity index (χ0v) is 70.8. The van der Waals surface area contributed by atoms with Gasteiger partial charge in [-0.15, -0.1) is 0 Å². The van der Waals surface area contributed by atoms with Gasteiger partial charge < -0.3 is 101 Å². The molecule has 122 heavy (non-hydrogen) atoms. The molecule has 19 atom stereocenters. The molecule has 660 valence electrons. The lowest BCUT2D eigenvalue weighted by molar-refractivity contribution is -0.333. The molecule has 7 heterocycles. The number of carbonyl (C=O) groups excluding carboxylic acids is 9. The lowest BCUT2D eigenvalue weighted by atomic mass is 9.51. The Kier molecular flexibility index (Phi) is 28.5. The second kappa shape index (κ2) is 38.3. The normalized spacial score (nSPS) is 31.3. The third-order valence-electron chi connectivity index (χ3n) is 26.0. The zero-order chi connectivity index (χ0) is 87.8. The van der Waals surface area contributed by atoms with Crippen LogP contribution < -0.4 is 46.5 Å². The third-order valence-corrected chi connectivity index (χ3v) is 26.6. The number of amides is 6. The van der Waals surface area contributed by atoms with Gasteiger partial charge in [-0.1, -0.05) is 108 Å². The van der Waals surface area contributed by atoms with E-state index in [2.05, 4.69) is 33.5 Å². The van der Waals surface area contributed by atoms with Crippen molar-refractivity contribution in [2.24, 2.45) is 59.0 Å². The quantitative estimate of drug-likeness (QED) is 0.0287. The lowest BCUT2D eigenvalue weighted by Gasteiger charge is -2.54. The van der Waals surface area contributed by atoms with Gasteiger partial charge in [-0.05, 0) is 183 Å². The first-order chi connectivity index (χ1) is 58.0. The standard InChI is InChI=1S/C90H112Cl2N6O24/c1-8-10-11-12-13-14-41(5)84(112)94-70(106)33-52-30-62(103)75(97-85(113)45(9-2)21-40(3)4)77(107)47-16-19-65(58(91)28-47)118-67-31-51-32-68(81(67)122-89-82(80(110)79(109)69(39-99)120-89)121-71-38-90(7,93)83(111)42(6)117-71)119-66-20-17-48(29-59(66)92)78(108)76-88(116)96-74(64(105)36-54-49-23-43-22-44(25-49)26-50(54)24-43)57-34-53(100)35-61(102)72(57)56-27-46(15-18-60(56)101)55(87(115)98-76)37-63(104)73(51)95-86(52)114/h15-20,27-29,31-32,34-35,40-45,49-50,52,54-55,69,71,73-80,82-83,89,99-102,107-111H,8-14,21-26,30,33,36-39,93H2,1-7H3,(H,95,114)(H,96,116)(H,97,113)(H,98,115)(H,94,106,112)/t41?,42-,43?,44?,45+,49?,50?,52-,54?,55+,69+,71-,73+,74-,75-,76-,77+,78+,79+,80-,82+,83+,89-,90-/m0/s1. The molecule has 11 aliphatic rings. The van der Waals surface area contributed by atoms with Gasteiger partial charge in [0.1, 0.15) is 83.4 Å². The second-order valence-electron chi connectivity index (χ2n) is 35.5. The summed E-state index contributed by atoms with van der Waals surface area (Å²) in [5, 5.41) is 120. The minimum atomic E-state index is -2.22. The summed E-state index contributed by atoms with van der Waals surface area (Å²) >= 11 is 14.6. The number of aromatic hydroxyl groups is 3. The molecule has 32 heteroatoms. The fraction of sp³-hybridized carbons (Fsp3) is 0.567. The van der Waals surface area contributed by atoms with E-state index in [1.54, 1.807) is 13.8 Å². The number of hydrogen-bond donors (Lipinski definition) is 15. The number of imide groups is 1. The third kappa shape index (κ3) is 19.9. The van der Waals surface area contributed by atoms with Gasteiger partial charge in [0.05, 0.1) is 40.7 Å². The number of ether oxygens (including phenoxy) is 6. The van der Waals surface area contributed by atoms with Gasteiger partial charge in [0, 0.05) is 66.7 Å². The number of fused-ring (bicyclic) bond motifs is 15. The van der Waals surface area contributed by atoms with E-state index < -0.39 is 228 Å². The molecule has 0 radical (unpaired) electrons. The molecule has 5 aromatic rings. The molecule has 16 rings (SSSR count). The number of nitrogens with two attached hydrogens (primary N) is 1. The molecule has 2 saturated heterocycles. The van der Waals surface area contributed by atoms with Crippen molar-refractivity contribution in [2.45, 2.75) is 261 Å². The van der Waals surface area contributed by atoms with Crippen LogP contribution in [0.1, 0.15) is 222 Å². The van der Waals surface area contributed by atoms with Gasteiger partial charge in [0.25, 0.3) is 0 Å². The van der Waals surface area contributed by atoms with Gasteiger partial charge in [0.15, 0.2) is 41.2 Å². The number of Topliss-reactive ketones (excluding diaryl/α,β-unsaturated/α-hetero) is 3. The van der Waals surface area contributed by atoms with Gasteiger partial charge in [-0.3, -0.25) is 48.5 Å². The molecule has 6 fully saturated rings. The summed E-state index contributed by atoms with van der Waals surface area (Å²) in [5.41, 5.74) is 3.67. The van der Waals surface area contributed by atoms with Gasteiger partial charge in [-0.2, -0.15) is 0 Å². The molecule has 5 aromatic carbocycles. The number of carbonyl (C=O) groups is 9. The Morgan fingerprint density at radius 1 is 0.672 bits per heavy atom. The predicted molar refractivity (Wildman–Crippen MR) is 442 cm³/mol. The van der Waals surface area contributed by atoms with E-state index in [1.807, 2.05) is 13.8 Å². The van der Waals surface area contributed by atoms with Crippen LogP contribution in [0.3, 0.4) is 0 Å². The molecule has 0 aromatic heterocycles. The minimum absolute atomic E-state index is 0.0353. The van der Waals surface area contributed by atoms with Gasteiger partial charge in [-0.25, -0.2) is 0 Å². The van der Waals surface area contributed by atoms with E-state index in [9.17, 15) is 60.3 Å². The van der Waals surface area contributed by atoms with Gasteiger partial charge in [0.2, 0.25) is 47.5 Å². The highest BCUT2D eigenvalue weighted by molar-refractivity contribution is 6.32. The van der Waals surface area contributed by atoms with E-state index >= 15 is 28.8 Å². The molecule has 1 unspecified atom stereocenters. The predicted octanol–water partition coefficient (Wildman–Crippen LogP) is 9.62. The molecule has 0 spiro atoms. The molecule has 4 saturated carbocycles. The fourth-order valence-corrected chi connectivity index (χ4v) is 19.9. The van der Waals surface area contributed by atoms with Crippen LogP contribution in [0.15, 0.2) is 78.9 Å². The average Bonchev–Trinajstić information content (AvgIpc) is 0.755. The molecule has 15 bridgehead atoms. The van der Waals surface area contributed by atoms with E-state index in [0.29, 0.717) is 31.1 Å². The van der Waals surface area contributed by atoms with Crippen molar-refractivity contribution in [2.75, 3.05) is 6.61 Å². The maximum atomic E-state index is 16.8. The SMILES string of the molecule is CCCCCCCC(C)C(=O)NC(=O)C[C@@H]1CC(=O)[C@H](NC(=O)[C@H](CC)CC(C)C)[C@H](O)c2ccc(c(Cl)c2)Oc2cc3cc(c2O[C@@H]2O[C@H](CO)[C@@H](O)[C@H](O)[C@H]2O[C@H]2C[C@](C)(N)[C@H](O)[C@H](C)O2)Oc2ccc(cc2Cl)[C@@H](O)[C@@H]2NC(=O)[C@H](CC(=O)[C@@H]3NC1=O)c1ccc(O)c(c1)-c1c(O)cc(O)cc1[C@@H](C(=O)CC1C3CC4CC(C3)CC1C4)NC2=O. The van der Waals surface area contributed by atoms with Gasteiger partial charge >= 0.3 is 0 Å². The number of nitrogens with one attached hydrogen (secondary N) is 5. The zero-order valence-electron chi connectivity index (χ0n) is 69.3. The number of aliphatic hydroxyl groups excluding tert-OH is 6.